The van der Waals surface area contributed by atoms with E-state index in [1.54, 1.807) is 0 Å². The molecule has 4 aromatic rings. The fourth-order valence-corrected chi connectivity index (χ4v) is 4.98. The lowest BCUT2D eigenvalue weighted by atomic mass is 9.90. The van der Waals surface area contributed by atoms with Crippen molar-refractivity contribution in [2.24, 2.45) is 0 Å². The van der Waals surface area contributed by atoms with E-state index in [-0.39, 0.29) is 19.5 Å². The van der Waals surface area contributed by atoms with Gasteiger partial charge in [-0.1, -0.05) is 42.5 Å². The fraction of sp³-hybridized carbons (Fsp3) is 0.148. The number of amides is 1. The van der Waals surface area contributed by atoms with Crippen molar-refractivity contribution in [3.05, 3.63) is 83.4 Å². The van der Waals surface area contributed by atoms with Gasteiger partial charge in [-0.3, -0.25) is 4.79 Å². The lowest BCUT2D eigenvalue weighted by molar-refractivity contribution is 0.0767. The molecule has 0 aliphatic carbocycles. The Balaban J connectivity index is 1.45. The molecular weight excluding hydrogens is 418 g/mol. The number of nitrogens with zero attached hydrogens (tertiary/aromatic N) is 1. The van der Waals surface area contributed by atoms with E-state index in [9.17, 15) is 4.79 Å². The minimum Gasteiger partial charge on any atom is -0.454 e. The molecule has 6 heteroatoms. The molecule has 3 aliphatic heterocycles. The van der Waals surface area contributed by atoms with Crippen LogP contribution in [-0.2, 0) is 13.1 Å². The van der Waals surface area contributed by atoms with Gasteiger partial charge in [-0.25, -0.2) is 0 Å². The van der Waals surface area contributed by atoms with Crippen LogP contribution in [0.5, 0.6) is 23.0 Å². The van der Waals surface area contributed by atoms with Crippen LogP contribution in [0.25, 0.3) is 21.9 Å². The third-order valence-corrected chi connectivity index (χ3v) is 6.49. The Morgan fingerprint density at radius 3 is 2.48 bits per heavy atom. The number of benzene rings is 4. The predicted octanol–water partition coefficient (Wildman–Crippen LogP) is 5.12. The molecule has 7 rings (SSSR count). The highest BCUT2D eigenvalue weighted by molar-refractivity contribution is 6.11. The van der Waals surface area contributed by atoms with Gasteiger partial charge in [0, 0.05) is 24.0 Å². The molecule has 3 aliphatic rings. The molecule has 162 valence electrons. The summed E-state index contributed by atoms with van der Waals surface area (Å²) in [6.07, 6.45) is 0. The van der Waals surface area contributed by atoms with Crippen LogP contribution in [0, 0.1) is 0 Å². The minimum atomic E-state index is 0.0374. The van der Waals surface area contributed by atoms with Crippen LogP contribution >= 0.6 is 0 Å². The average molecular weight is 437 g/mol. The van der Waals surface area contributed by atoms with Gasteiger partial charge in [-0.05, 0) is 51.9 Å². The van der Waals surface area contributed by atoms with Crippen molar-refractivity contribution in [3.63, 3.8) is 0 Å². The second-order valence-corrected chi connectivity index (χ2v) is 8.39. The van der Waals surface area contributed by atoms with Crippen LogP contribution in [0.4, 0.5) is 0 Å². The van der Waals surface area contributed by atoms with Crippen LogP contribution in [0.3, 0.4) is 0 Å². The molecule has 0 saturated heterocycles. The zero-order chi connectivity index (χ0) is 21.9. The zero-order valence-corrected chi connectivity index (χ0v) is 17.7. The SMILES string of the molecule is O=C1c2cc3ccc4c(c3c(-c3ccc5c(c3)OCO5)c2CN1Cc1ccccc1)OCO4. The van der Waals surface area contributed by atoms with E-state index in [4.69, 9.17) is 18.9 Å². The molecule has 0 unspecified atom stereocenters. The first-order chi connectivity index (χ1) is 16.3. The molecule has 0 spiro atoms. The van der Waals surface area contributed by atoms with Crippen LogP contribution in [0.1, 0.15) is 21.5 Å². The van der Waals surface area contributed by atoms with Gasteiger partial charge in [0.25, 0.3) is 5.91 Å². The van der Waals surface area contributed by atoms with Crippen molar-refractivity contribution in [2.45, 2.75) is 13.1 Å². The lowest BCUT2D eigenvalue weighted by Crippen LogP contribution is -2.23. The third-order valence-electron chi connectivity index (χ3n) is 6.49. The van der Waals surface area contributed by atoms with E-state index in [2.05, 4.69) is 0 Å². The standard InChI is InChI=1S/C27H19NO5/c29-27-19-10-17-7-9-22-26(33-15-31-22)25(17)24(18-6-8-21-23(11-18)32-14-30-21)20(19)13-28(27)12-16-4-2-1-3-5-16/h1-11H,12-15H2. The normalized spacial score (nSPS) is 15.4. The summed E-state index contributed by atoms with van der Waals surface area (Å²) in [5.41, 5.74) is 4.76. The number of hydrogen-bond donors (Lipinski definition) is 0. The molecule has 0 N–H and O–H groups in total. The smallest absolute Gasteiger partial charge is 0.254 e. The molecule has 0 atom stereocenters. The van der Waals surface area contributed by atoms with Gasteiger partial charge in [-0.15, -0.1) is 0 Å². The quantitative estimate of drug-likeness (QED) is 0.445. The summed E-state index contributed by atoms with van der Waals surface area (Å²) in [5, 5.41) is 1.90. The van der Waals surface area contributed by atoms with Gasteiger partial charge in [-0.2, -0.15) is 0 Å². The van der Waals surface area contributed by atoms with Crippen LogP contribution < -0.4 is 18.9 Å². The maximum absolute atomic E-state index is 13.5. The highest BCUT2D eigenvalue weighted by Crippen LogP contribution is 2.49. The summed E-state index contributed by atoms with van der Waals surface area (Å²) in [6, 6.07) is 21.9. The molecule has 33 heavy (non-hydrogen) atoms. The summed E-state index contributed by atoms with van der Waals surface area (Å²) in [7, 11) is 0. The van der Waals surface area contributed by atoms with E-state index in [0.29, 0.717) is 18.8 Å². The first kappa shape index (κ1) is 18.4. The van der Waals surface area contributed by atoms with E-state index in [1.807, 2.05) is 71.6 Å². The van der Waals surface area contributed by atoms with Gasteiger partial charge in [0.2, 0.25) is 13.6 Å². The van der Waals surface area contributed by atoms with Crippen LogP contribution in [0.15, 0.2) is 66.7 Å². The van der Waals surface area contributed by atoms with Crippen molar-refractivity contribution in [1.82, 2.24) is 4.90 Å². The van der Waals surface area contributed by atoms with Gasteiger partial charge < -0.3 is 23.8 Å². The third kappa shape index (κ3) is 2.77. The van der Waals surface area contributed by atoms with Crippen LogP contribution in [-0.4, -0.2) is 24.4 Å². The van der Waals surface area contributed by atoms with Crippen molar-refractivity contribution in [1.29, 1.82) is 0 Å². The van der Waals surface area contributed by atoms with Gasteiger partial charge in [0.15, 0.2) is 23.0 Å². The van der Waals surface area contributed by atoms with Crippen molar-refractivity contribution >= 4 is 16.7 Å². The maximum Gasteiger partial charge on any atom is 0.254 e. The second-order valence-electron chi connectivity index (χ2n) is 8.39. The molecule has 1 amide bonds. The lowest BCUT2D eigenvalue weighted by Gasteiger charge is -2.16. The van der Waals surface area contributed by atoms with Crippen molar-refractivity contribution in [3.8, 4) is 34.1 Å². The number of rotatable bonds is 3. The first-order valence-corrected chi connectivity index (χ1v) is 10.9. The van der Waals surface area contributed by atoms with E-state index in [0.717, 1.165) is 55.8 Å². The summed E-state index contributed by atoms with van der Waals surface area (Å²) in [5.74, 6) is 2.90. The topological polar surface area (TPSA) is 57.2 Å². The Bertz CT molecular complexity index is 1450. The number of hydrogen-bond acceptors (Lipinski definition) is 5. The maximum atomic E-state index is 13.5. The first-order valence-electron chi connectivity index (χ1n) is 10.9. The second kappa shape index (κ2) is 6.90. The number of ether oxygens (including phenoxy) is 4. The van der Waals surface area contributed by atoms with E-state index >= 15 is 0 Å². The highest BCUT2D eigenvalue weighted by atomic mass is 16.7. The van der Waals surface area contributed by atoms with E-state index < -0.39 is 0 Å². The number of fused-ring (bicyclic) bond motifs is 5. The fourth-order valence-electron chi connectivity index (χ4n) is 4.98. The molecule has 6 nitrogen and oxygen atoms in total. The summed E-state index contributed by atoms with van der Waals surface area (Å²) < 4.78 is 22.7. The molecular formula is C27H19NO5. The number of carbonyl (C=O) groups is 1. The zero-order valence-electron chi connectivity index (χ0n) is 17.7. The Labute approximate surface area is 189 Å². The molecule has 0 fully saturated rings. The van der Waals surface area contributed by atoms with Gasteiger partial charge in [0.1, 0.15) is 0 Å². The Morgan fingerprint density at radius 2 is 1.58 bits per heavy atom. The average Bonchev–Trinajstić information content (AvgIpc) is 3.57. The minimum absolute atomic E-state index is 0.0374. The summed E-state index contributed by atoms with van der Waals surface area (Å²) >= 11 is 0. The Hall–Kier alpha value is -4.19. The largest absolute Gasteiger partial charge is 0.454 e. The van der Waals surface area contributed by atoms with Crippen molar-refractivity contribution < 1.29 is 23.7 Å². The molecule has 0 bridgehead atoms. The summed E-state index contributed by atoms with van der Waals surface area (Å²) in [6.45, 7) is 1.48. The Kier molecular flexibility index (Phi) is 3.85. The highest BCUT2D eigenvalue weighted by Gasteiger charge is 2.33. The molecule has 4 aromatic carbocycles. The molecule has 3 heterocycles. The predicted molar refractivity (Wildman–Crippen MR) is 122 cm³/mol. The molecule has 0 radical (unpaired) electrons. The molecule has 0 aromatic heterocycles. The summed E-state index contributed by atoms with van der Waals surface area (Å²) in [4.78, 5) is 15.4. The van der Waals surface area contributed by atoms with Gasteiger partial charge in [0.05, 0.1) is 0 Å². The van der Waals surface area contributed by atoms with Gasteiger partial charge >= 0.3 is 0 Å². The van der Waals surface area contributed by atoms with E-state index in [1.165, 1.54) is 0 Å². The Morgan fingerprint density at radius 1 is 0.788 bits per heavy atom. The number of carbonyl (C=O) groups excluding carboxylic acids is 1. The monoisotopic (exact) mass is 437 g/mol. The molecule has 0 saturated carbocycles. The van der Waals surface area contributed by atoms with Crippen molar-refractivity contribution in [2.75, 3.05) is 13.6 Å². The van der Waals surface area contributed by atoms with Crippen LogP contribution in [0.2, 0.25) is 0 Å².